The first-order chi connectivity index (χ1) is 18.7. The zero-order valence-electron chi connectivity index (χ0n) is 20.7. The van der Waals surface area contributed by atoms with Crippen molar-refractivity contribution in [1.29, 1.82) is 0 Å². The number of amides is 3. The van der Waals surface area contributed by atoms with Crippen molar-refractivity contribution in [2.24, 2.45) is 0 Å². The average Bonchev–Trinajstić information content (AvgIpc) is 2.94. The van der Waals surface area contributed by atoms with Gasteiger partial charge in [0.15, 0.2) is 0 Å². The lowest BCUT2D eigenvalue weighted by Gasteiger charge is -2.35. The molecule has 202 valence electrons. The number of carbonyl (C=O) groups excluding carboxylic acids is 2. The van der Waals surface area contributed by atoms with Gasteiger partial charge < -0.3 is 15.1 Å². The predicted octanol–water partition coefficient (Wildman–Crippen LogP) is 3.42. The zero-order chi connectivity index (χ0) is 27.6. The number of hydrogen-bond acceptors (Lipinski definition) is 5. The highest BCUT2D eigenvalue weighted by Gasteiger charge is 2.28. The second-order valence-corrected chi connectivity index (χ2v) is 10.8. The number of nitrogens with one attached hydrogen (secondary N) is 2. The van der Waals surface area contributed by atoms with Gasteiger partial charge in [-0.15, -0.1) is 0 Å². The number of sulfonamides is 1. The number of halogens is 2. The molecule has 1 saturated heterocycles. The smallest absolute Gasteiger partial charge is 0.322 e. The number of piperazine rings is 1. The van der Waals surface area contributed by atoms with E-state index in [4.69, 9.17) is 0 Å². The van der Waals surface area contributed by atoms with Crippen LogP contribution >= 0.6 is 0 Å². The van der Waals surface area contributed by atoms with E-state index in [9.17, 15) is 26.8 Å². The molecule has 2 aromatic carbocycles. The molecule has 1 unspecified atom stereocenters. The quantitative estimate of drug-likeness (QED) is 0.503. The molecule has 2 N–H and O–H groups in total. The third-order valence-corrected chi connectivity index (χ3v) is 8.09. The summed E-state index contributed by atoms with van der Waals surface area (Å²) >= 11 is 0. The molecule has 1 aliphatic carbocycles. The standard InChI is InChI=1S/C27H25F2N5O4S/c28-20-8-11-23(22(29)17-20)31-27(36)34-15-13-33(14-16-34)26(35)19-6-9-21(10-7-19)32-39(37,38)24-5-1-3-18-4-2-12-30-25(18)24/h1-9,11-12,17,21,32H,10,13-16H2,(H,31,36). The molecule has 5 rings (SSSR count). The van der Waals surface area contributed by atoms with Crippen LogP contribution in [-0.4, -0.2) is 67.4 Å². The molecule has 9 nitrogen and oxygen atoms in total. The van der Waals surface area contributed by atoms with E-state index in [0.717, 1.165) is 12.1 Å². The van der Waals surface area contributed by atoms with Crippen LogP contribution in [0, 0.1) is 11.6 Å². The average molecular weight is 554 g/mol. The van der Waals surface area contributed by atoms with Crippen molar-refractivity contribution in [3.63, 3.8) is 0 Å². The summed E-state index contributed by atoms with van der Waals surface area (Å²) in [6, 6.07) is 10.3. The molecule has 3 amide bonds. The van der Waals surface area contributed by atoms with Crippen molar-refractivity contribution in [3.8, 4) is 0 Å². The molecule has 0 radical (unpaired) electrons. The van der Waals surface area contributed by atoms with Crippen LogP contribution in [0.5, 0.6) is 0 Å². The van der Waals surface area contributed by atoms with Crippen LogP contribution in [0.1, 0.15) is 6.42 Å². The largest absolute Gasteiger partial charge is 0.335 e. The van der Waals surface area contributed by atoms with E-state index in [1.165, 1.54) is 11.0 Å². The third kappa shape index (κ3) is 5.81. The number of pyridine rings is 1. The van der Waals surface area contributed by atoms with Crippen LogP contribution < -0.4 is 10.0 Å². The Morgan fingerprint density at radius 1 is 0.974 bits per heavy atom. The molecular weight excluding hydrogens is 528 g/mol. The van der Waals surface area contributed by atoms with Crippen LogP contribution in [-0.2, 0) is 14.8 Å². The topological polar surface area (TPSA) is 112 Å². The Morgan fingerprint density at radius 2 is 1.72 bits per heavy atom. The lowest BCUT2D eigenvalue weighted by atomic mass is 10.0. The van der Waals surface area contributed by atoms with E-state index in [2.05, 4.69) is 15.0 Å². The van der Waals surface area contributed by atoms with E-state index in [0.29, 0.717) is 29.0 Å². The summed E-state index contributed by atoms with van der Waals surface area (Å²) in [5, 5.41) is 3.13. The van der Waals surface area contributed by atoms with Gasteiger partial charge in [-0.2, -0.15) is 0 Å². The molecule has 0 saturated carbocycles. The molecule has 3 aromatic rings. The van der Waals surface area contributed by atoms with Crippen molar-refractivity contribution in [3.05, 3.63) is 90.2 Å². The normalized spacial score (nSPS) is 17.7. The first-order valence-corrected chi connectivity index (χ1v) is 13.7. The van der Waals surface area contributed by atoms with Gasteiger partial charge in [0, 0.05) is 55.4 Å². The van der Waals surface area contributed by atoms with Gasteiger partial charge in [0.1, 0.15) is 16.5 Å². The lowest BCUT2D eigenvalue weighted by Crippen LogP contribution is -2.52. The Morgan fingerprint density at radius 3 is 2.44 bits per heavy atom. The van der Waals surface area contributed by atoms with Crippen molar-refractivity contribution < 1.29 is 26.8 Å². The third-order valence-electron chi connectivity index (χ3n) is 6.57. The van der Waals surface area contributed by atoms with Gasteiger partial charge >= 0.3 is 6.03 Å². The van der Waals surface area contributed by atoms with Crippen molar-refractivity contribution >= 4 is 38.6 Å². The molecule has 1 aliphatic heterocycles. The summed E-state index contributed by atoms with van der Waals surface area (Å²) in [6.45, 7) is 1.01. The van der Waals surface area contributed by atoms with Crippen LogP contribution in [0.15, 0.2) is 83.4 Å². The lowest BCUT2D eigenvalue weighted by molar-refractivity contribution is -0.128. The number of nitrogens with zero attached hydrogens (tertiary/aromatic N) is 3. The molecule has 0 spiro atoms. The fourth-order valence-electron chi connectivity index (χ4n) is 4.50. The Labute approximate surface area is 223 Å². The number of fused-ring (bicyclic) bond motifs is 1. The Kier molecular flexibility index (Phi) is 7.40. The van der Waals surface area contributed by atoms with E-state index in [1.54, 1.807) is 53.6 Å². The highest BCUT2D eigenvalue weighted by atomic mass is 32.2. The van der Waals surface area contributed by atoms with E-state index in [-0.39, 0.29) is 42.7 Å². The number of carbonyl (C=O) groups is 2. The van der Waals surface area contributed by atoms with Crippen molar-refractivity contribution in [2.75, 3.05) is 31.5 Å². The molecule has 1 atom stereocenters. The van der Waals surface area contributed by atoms with Gasteiger partial charge in [0.05, 0.1) is 11.2 Å². The minimum atomic E-state index is -3.86. The molecule has 2 heterocycles. The monoisotopic (exact) mass is 553 g/mol. The first-order valence-electron chi connectivity index (χ1n) is 12.3. The van der Waals surface area contributed by atoms with Gasteiger partial charge in [-0.1, -0.05) is 36.4 Å². The van der Waals surface area contributed by atoms with Gasteiger partial charge in [0.2, 0.25) is 10.0 Å². The number of hydrogen-bond donors (Lipinski definition) is 2. The van der Waals surface area contributed by atoms with Gasteiger partial charge in [-0.25, -0.2) is 26.7 Å². The fourth-order valence-corrected chi connectivity index (χ4v) is 5.89. The second kappa shape index (κ2) is 10.9. The van der Waals surface area contributed by atoms with Gasteiger partial charge in [0.25, 0.3) is 5.91 Å². The summed E-state index contributed by atoms with van der Waals surface area (Å²) in [5.41, 5.74) is 0.692. The van der Waals surface area contributed by atoms with Gasteiger partial charge in [-0.3, -0.25) is 9.78 Å². The van der Waals surface area contributed by atoms with Crippen LogP contribution in [0.25, 0.3) is 10.9 Å². The maximum absolute atomic E-state index is 13.8. The number of para-hydroxylation sites is 1. The summed E-state index contributed by atoms with van der Waals surface area (Å²) < 4.78 is 55.7. The Bertz CT molecular complexity index is 1600. The number of urea groups is 1. The first kappa shape index (κ1) is 26.4. The van der Waals surface area contributed by atoms with Gasteiger partial charge in [-0.05, 0) is 30.7 Å². The Balaban J connectivity index is 1.15. The second-order valence-electron chi connectivity index (χ2n) is 9.15. The van der Waals surface area contributed by atoms with Crippen molar-refractivity contribution in [2.45, 2.75) is 17.4 Å². The Hall–Kier alpha value is -4.16. The van der Waals surface area contributed by atoms with E-state index < -0.39 is 33.7 Å². The number of aromatic nitrogens is 1. The number of rotatable bonds is 5. The maximum Gasteiger partial charge on any atom is 0.322 e. The molecule has 1 fully saturated rings. The minimum Gasteiger partial charge on any atom is -0.335 e. The number of anilines is 1. The van der Waals surface area contributed by atoms with Crippen molar-refractivity contribution in [1.82, 2.24) is 19.5 Å². The molecule has 2 aliphatic rings. The zero-order valence-corrected chi connectivity index (χ0v) is 21.5. The SMILES string of the molecule is O=C(Nc1ccc(F)cc1F)N1CCN(C(=O)C2=CCC(NS(=O)(=O)c3cccc4cccnc34)C=C2)CC1. The highest BCUT2D eigenvalue weighted by Crippen LogP contribution is 2.23. The fraction of sp³-hybridized carbons (Fsp3) is 0.222. The summed E-state index contributed by atoms with van der Waals surface area (Å²) in [7, 11) is -3.86. The molecule has 12 heteroatoms. The van der Waals surface area contributed by atoms with E-state index >= 15 is 0 Å². The molecular formula is C27H25F2N5O4S. The van der Waals surface area contributed by atoms with Crippen LogP contribution in [0.2, 0.25) is 0 Å². The maximum atomic E-state index is 13.8. The molecule has 39 heavy (non-hydrogen) atoms. The summed E-state index contributed by atoms with van der Waals surface area (Å²) in [5.74, 6) is -1.84. The van der Waals surface area contributed by atoms with Crippen LogP contribution in [0.4, 0.5) is 19.3 Å². The number of benzene rings is 2. The molecule has 0 bridgehead atoms. The minimum absolute atomic E-state index is 0.0870. The molecule has 1 aromatic heterocycles. The predicted molar refractivity (Wildman–Crippen MR) is 141 cm³/mol. The van der Waals surface area contributed by atoms with E-state index in [1.807, 2.05) is 0 Å². The highest BCUT2D eigenvalue weighted by molar-refractivity contribution is 7.89. The summed E-state index contributed by atoms with van der Waals surface area (Å²) in [4.78, 5) is 32.8. The summed E-state index contributed by atoms with van der Waals surface area (Å²) in [6.07, 6.45) is 6.76. The van der Waals surface area contributed by atoms with Crippen LogP contribution in [0.3, 0.4) is 0 Å².